The Labute approximate surface area is 98.4 Å². The highest BCUT2D eigenvalue weighted by Crippen LogP contribution is 2.32. The molecule has 0 aromatic heterocycles. The van der Waals surface area contributed by atoms with E-state index in [1.807, 2.05) is 0 Å². The van der Waals surface area contributed by atoms with Crippen molar-refractivity contribution in [2.24, 2.45) is 5.73 Å². The van der Waals surface area contributed by atoms with Gasteiger partial charge in [-0.05, 0) is 30.5 Å². The van der Waals surface area contributed by atoms with Gasteiger partial charge in [0.1, 0.15) is 0 Å². The van der Waals surface area contributed by atoms with Crippen LogP contribution in [0.1, 0.15) is 31.9 Å². The van der Waals surface area contributed by atoms with Gasteiger partial charge in [-0.15, -0.1) is 0 Å². The van der Waals surface area contributed by atoms with E-state index in [1.54, 1.807) is 0 Å². The second-order valence-electron chi connectivity index (χ2n) is 5.26. The molecule has 2 nitrogen and oxygen atoms in total. The van der Waals surface area contributed by atoms with Crippen molar-refractivity contribution >= 4 is 5.69 Å². The standard InChI is InChI=1S/C14H22N2/c1-4-16-8-7-11-9-12(5-6-13(11)16)14(2,3)10-15/h5-6,9H,4,7-8,10,15H2,1-3H3. The van der Waals surface area contributed by atoms with Crippen LogP contribution in [0.3, 0.4) is 0 Å². The molecule has 2 heteroatoms. The lowest BCUT2D eigenvalue weighted by atomic mass is 9.84. The van der Waals surface area contributed by atoms with Crippen LogP contribution in [0.2, 0.25) is 0 Å². The monoisotopic (exact) mass is 218 g/mol. The van der Waals surface area contributed by atoms with Crippen LogP contribution in [-0.4, -0.2) is 19.6 Å². The number of nitrogens with zero attached hydrogens (tertiary/aromatic N) is 1. The van der Waals surface area contributed by atoms with Crippen molar-refractivity contribution in [3.05, 3.63) is 29.3 Å². The molecule has 1 heterocycles. The van der Waals surface area contributed by atoms with Crippen molar-refractivity contribution in [2.75, 3.05) is 24.5 Å². The van der Waals surface area contributed by atoms with Crippen LogP contribution in [0.4, 0.5) is 5.69 Å². The topological polar surface area (TPSA) is 29.3 Å². The quantitative estimate of drug-likeness (QED) is 0.843. The molecule has 0 saturated heterocycles. The summed E-state index contributed by atoms with van der Waals surface area (Å²) in [5.74, 6) is 0. The number of hydrogen-bond donors (Lipinski definition) is 1. The maximum atomic E-state index is 5.83. The zero-order valence-electron chi connectivity index (χ0n) is 10.6. The molecule has 0 aliphatic carbocycles. The number of nitrogens with two attached hydrogens (primary N) is 1. The fourth-order valence-corrected chi connectivity index (χ4v) is 2.34. The Morgan fingerprint density at radius 1 is 1.38 bits per heavy atom. The van der Waals surface area contributed by atoms with Gasteiger partial charge in [0.15, 0.2) is 0 Å². The smallest absolute Gasteiger partial charge is 0.0399 e. The minimum Gasteiger partial charge on any atom is -0.371 e. The molecule has 0 atom stereocenters. The second-order valence-corrected chi connectivity index (χ2v) is 5.26. The minimum absolute atomic E-state index is 0.0919. The number of rotatable bonds is 3. The van der Waals surface area contributed by atoms with Crippen LogP contribution in [0.5, 0.6) is 0 Å². The van der Waals surface area contributed by atoms with E-state index in [0.717, 1.165) is 6.54 Å². The van der Waals surface area contributed by atoms with Crippen LogP contribution >= 0.6 is 0 Å². The van der Waals surface area contributed by atoms with E-state index in [1.165, 1.54) is 29.8 Å². The van der Waals surface area contributed by atoms with Crippen molar-refractivity contribution < 1.29 is 0 Å². The highest BCUT2D eigenvalue weighted by Gasteiger charge is 2.23. The highest BCUT2D eigenvalue weighted by molar-refractivity contribution is 5.59. The Hall–Kier alpha value is -1.02. The van der Waals surface area contributed by atoms with E-state index in [9.17, 15) is 0 Å². The van der Waals surface area contributed by atoms with Crippen LogP contribution in [-0.2, 0) is 11.8 Å². The molecule has 0 amide bonds. The van der Waals surface area contributed by atoms with Gasteiger partial charge >= 0.3 is 0 Å². The largest absolute Gasteiger partial charge is 0.371 e. The lowest BCUT2D eigenvalue weighted by Crippen LogP contribution is -2.28. The summed E-state index contributed by atoms with van der Waals surface area (Å²) in [6.07, 6.45) is 1.18. The predicted octanol–water partition coefficient (Wildman–Crippen LogP) is 2.31. The van der Waals surface area contributed by atoms with Crippen LogP contribution < -0.4 is 10.6 Å². The number of benzene rings is 1. The summed E-state index contributed by atoms with van der Waals surface area (Å²) in [7, 11) is 0. The van der Waals surface area contributed by atoms with E-state index < -0.39 is 0 Å². The van der Waals surface area contributed by atoms with Gasteiger partial charge in [0.05, 0.1) is 0 Å². The third-order valence-corrected chi connectivity index (χ3v) is 3.74. The Kier molecular flexibility index (Phi) is 2.94. The van der Waals surface area contributed by atoms with Crippen LogP contribution in [0.25, 0.3) is 0 Å². The van der Waals surface area contributed by atoms with Crippen molar-refractivity contribution in [1.82, 2.24) is 0 Å². The molecule has 2 N–H and O–H groups in total. The van der Waals surface area contributed by atoms with Gasteiger partial charge in [-0.3, -0.25) is 0 Å². The van der Waals surface area contributed by atoms with E-state index in [-0.39, 0.29) is 5.41 Å². The van der Waals surface area contributed by atoms with Crippen LogP contribution in [0, 0.1) is 0 Å². The summed E-state index contributed by atoms with van der Waals surface area (Å²) in [6, 6.07) is 6.84. The Morgan fingerprint density at radius 2 is 2.12 bits per heavy atom. The molecule has 16 heavy (non-hydrogen) atoms. The van der Waals surface area contributed by atoms with Gasteiger partial charge in [-0.2, -0.15) is 0 Å². The summed E-state index contributed by atoms with van der Waals surface area (Å²) < 4.78 is 0. The van der Waals surface area contributed by atoms with E-state index >= 15 is 0 Å². The van der Waals surface area contributed by atoms with E-state index in [2.05, 4.69) is 43.9 Å². The normalized spacial score (nSPS) is 15.4. The first-order valence-corrected chi connectivity index (χ1v) is 6.17. The molecule has 1 aromatic rings. The van der Waals surface area contributed by atoms with Gasteiger partial charge in [0, 0.05) is 30.7 Å². The van der Waals surface area contributed by atoms with Crippen molar-refractivity contribution in [1.29, 1.82) is 0 Å². The molecule has 0 spiro atoms. The molecule has 1 aromatic carbocycles. The molecule has 0 fully saturated rings. The number of anilines is 1. The molecule has 0 radical (unpaired) electrons. The van der Waals surface area contributed by atoms with Gasteiger partial charge in [0.2, 0.25) is 0 Å². The van der Waals surface area contributed by atoms with Crippen molar-refractivity contribution in [3.8, 4) is 0 Å². The summed E-state index contributed by atoms with van der Waals surface area (Å²) >= 11 is 0. The zero-order valence-corrected chi connectivity index (χ0v) is 10.6. The Bertz CT molecular complexity index is 382. The number of fused-ring (bicyclic) bond motifs is 1. The van der Waals surface area contributed by atoms with Crippen molar-refractivity contribution in [2.45, 2.75) is 32.6 Å². The minimum atomic E-state index is 0.0919. The third-order valence-electron chi connectivity index (χ3n) is 3.74. The molecule has 0 unspecified atom stereocenters. The summed E-state index contributed by atoms with van der Waals surface area (Å²) in [5, 5.41) is 0. The Morgan fingerprint density at radius 3 is 2.75 bits per heavy atom. The van der Waals surface area contributed by atoms with Gasteiger partial charge in [-0.1, -0.05) is 26.0 Å². The predicted molar refractivity (Wildman–Crippen MR) is 70.1 cm³/mol. The van der Waals surface area contributed by atoms with Crippen molar-refractivity contribution in [3.63, 3.8) is 0 Å². The first-order valence-electron chi connectivity index (χ1n) is 6.17. The maximum Gasteiger partial charge on any atom is 0.0399 e. The summed E-state index contributed by atoms with van der Waals surface area (Å²) in [4.78, 5) is 2.44. The Balaban J connectivity index is 2.35. The highest BCUT2D eigenvalue weighted by atomic mass is 15.1. The maximum absolute atomic E-state index is 5.83. The van der Waals surface area contributed by atoms with Gasteiger partial charge < -0.3 is 10.6 Å². The molecule has 1 aliphatic heterocycles. The molecule has 0 bridgehead atoms. The molecular formula is C14H22N2. The average Bonchev–Trinajstić information content (AvgIpc) is 2.70. The lowest BCUT2D eigenvalue weighted by molar-refractivity contribution is 0.539. The second kappa shape index (κ2) is 4.10. The lowest BCUT2D eigenvalue weighted by Gasteiger charge is -2.24. The average molecular weight is 218 g/mol. The molecule has 1 aliphatic rings. The SMILES string of the molecule is CCN1CCc2cc(C(C)(C)CN)ccc21. The fraction of sp³-hybridized carbons (Fsp3) is 0.571. The van der Waals surface area contributed by atoms with Gasteiger partial charge in [0.25, 0.3) is 0 Å². The number of likely N-dealkylation sites (N-methyl/N-ethyl adjacent to an activating group) is 1. The fourth-order valence-electron chi connectivity index (χ4n) is 2.34. The molecule has 2 rings (SSSR count). The first-order chi connectivity index (χ1) is 7.58. The van der Waals surface area contributed by atoms with E-state index in [4.69, 9.17) is 5.73 Å². The first kappa shape index (κ1) is 11.5. The van der Waals surface area contributed by atoms with Gasteiger partial charge in [-0.25, -0.2) is 0 Å². The summed E-state index contributed by atoms with van der Waals surface area (Å²) in [6.45, 7) is 9.60. The number of hydrogen-bond acceptors (Lipinski definition) is 2. The third kappa shape index (κ3) is 1.82. The van der Waals surface area contributed by atoms with E-state index in [0.29, 0.717) is 6.54 Å². The van der Waals surface area contributed by atoms with Crippen LogP contribution in [0.15, 0.2) is 18.2 Å². The zero-order chi connectivity index (χ0) is 11.8. The summed E-state index contributed by atoms with van der Waals surface area (Å²) in [5.41, 5.74) is 10.2. The molecule has 0 saturated carbocycles. The molecule has 88 valence electrons. The molecular weight excluding hydrogens is 196 g/mol.